The smallest absolute Gasteiger partial charge is 0.339 e. The molecule has 6 heteroatoms. The van der Waals surface area contributed by atoms with Crippen molar-refractivity contribution >= 4 is 17.6 Å². The van der Waals surface area contributed by atoms with Gasteiger partial charge in [-0.1, -0.05) is 29.7 Å². The number of benzene rings is 2. The van der Waals surface area contributed by atoms with Crippen molar-refractivity contribution in [3.05, 3.63) is 58.4 Å². The fraction of sp³-hybridized carbons (Fsp3) is 0.211. The Bertz CT molecular complexity index is 798. The van der Waals surface area contributed by atoms with Gasteiger partial charge in [-0.15, -0.1) is 6.42 Å². The van der Waals surface area contributed by atoms with Crippen LogP contribution >= 0.6 is 11.6 Å². The second-order valence-electron chi connectivity index (χ2n) is 4.92. The Balaban J connectivity index is 2.24. The molecule has 0 aromatic heterocycles. The summed E-state index contributed by atoms with van der Waals surface area (Å²) in [4.78, 5) is 11.9. The zero-order valence-corrected chi connectivity index (χ0v) is 14.3. The lowest BCUT2D eigenvalue weighted by Gasteiger charge is -2.15. The summed E-state index contributed by atoms with van der Waals surface area (Å²) in [5.74, 6) is 1.80. The summed E-state index contributed by atoms with van der Waals surface area (Å²) in [5, 5.41) is 0.176. The third-order valence-electron chi connectivity index (χ3n) is 3.10. The minimum atomic E-state index is -0.613. The maximum Gasteiger partial charge on any atom is 0.339 e. The van der Waals surface area contributed by atoms with Crippen LogP contribution in [0.1, 0.15) is 22.8 Å². The van der Waals surface area contributed by atoms with Gasteiger partial charge in [-0.25, -0.2) is 9.18 Å². The van der Waals surface area contributed by atoms with Crippen molar-refractivity contribution in [1.29, 1.82) is 0 Å². The van der Waals surface area contributed by atoms with E-state index in [1.54, 1.807) is 19.1 Å². The zero-order valence-electron chi connectivity index (χ0n) is 13.6. The van der Waals surface area contributed by atoms with Crippen LogP contribution in [0.4, 0.5) is 4.39 Å². The fourth-order valence-corrected chi connectivity index (χ4v) is 2.33. The summed E-state index contributed by atoms with van der Waals surface area (Å²) in [7, 11) is 0. The third kappa shape index (κ3) is 5.13. The second-order valence-corrected chi connectivity index (χ2v) is 5.32. The average molecular weight is 363 g/mol. The number of hydrogen-bond acceptors (Lipinski definition) is 4. The molecule has 0 N–H and O–H groups in total. The summed E-state index contributed by atoms with van der Waals surface area (Å²) >= 11 is 6.22. The van der Waals surface area contributed by atoms with Crippen molar-refractivity contribution in [2.75, 3.05) is 13.2 Å². The summed E-state index contributed by atoms with van der Waals surface area (Å²) < 4.78 is 29.3. The van der Waals surface area contributed by atoms with E-state index < -0.39 is 5.97 Å². The van der Waals surface area contributed by atoms with E-state index in [0.717, 1.165) is 0 Å². The maximum atomic E-state index is 13.2. The van der Waals surface area contributed by atoms with Gasteiger partial charge in [0.25, 0.3) is 0 Å². The Labute approximate surface area is 150 Å². The lowest BCUT2D eigenvalue weighted by atomic mass is 10.2. The number of ether oxygens (including phenoxy) is 3. The van der Waals surface area contributed by atoms with Gasteiger partial charge in [0, 0.05) is 0 Å². The van der Waals surface area contributed by atoms with Crippen LogP contribution in [0, 0.1) is 18.2 Å². The van der Waals surface area contributed by atoms with Gasteiger partial charge in [-0.05, 0) is 36.8 Å². The monoisotopic (exact) mass is 362 g/mol. The predicted molar refractivity (Wildman–Crippen MR) is 92.5 cm³/mol. The normalized spacial score (nSPS) is 10.0. The van der Waals surface area contributed by atoms with Gasteiger partial charge < -0.3 is 14.2 Å². The first-order chi connectivity index (χ1) is 12.0. The van der Waals surface area contributed by atoms with Gasteiger partial charge >= 0.3 is 5.97 Å². The van der Waals surface area contributed by atoms with Gasteiger partial charge in [-0.2, -0.15) is 0 Å². The Kier molecular flexibility index (Phi) is 6.67. The lowest BCUT2D eigenvalue weighted by molar-refractivity contribution is 0.0556. The van der Waals surface area contributed by atoms with E-state index in [4.69, 9.17) is 32.2 Å². The quantitative estimate of drug-likeness (QED) is 0.545. The maximum absolute atomic E-state index is 13.2. The molecule has 0 atom stereocenters. The average Bonchev–Trinajstić information content (AvgIpc) is 2.59. The van der Waals surface area contributed by atoms with Gasteiger partial charge in [-0.3, -0.25) is 0 Å². The molecule has 0 saturated heterocycles. The fourth-order valence-electron chi connectivity index (χ4n) is 2.06. The molecule has 0 aliphatic rings. The van der Waals surface area contributed by atoms with Crippen LogP contribution in [0.15, 0.2) is 36.4 Å². The van der Waals surface area contributed by atoms with Gasteiger partial charge in [0.2, 0.25) is 0 Å². The van der Waals surface area contributed by atoms with Crippen LogP contribution < -0.4 is 9.47 Å². The SMILES string of the molecule is C#CCOC(=O)c1cc(Cl)c(OCc2cccc(F)c2)c(OCC)c1. The molecule has 2 aromatic rings. The number of rotatable bonds is 7. The molecule has 0 saturated carbocycles. The zero-order chi connectivity index (χ0) is 18.2. The summed E-state index contributed by atoms with van der Waals surface area (Å²) in [6.45, 7) is 2.08. The molecule has 0 radical (unpaired) electrons. The van der Waals surface area contributed by atoms with E-state index in [1.165, 1.54) is 24.3 Å². The van der Waals surface area contributed by atoms with Crippen molar-refractivity contribution in [2.45, 2.75) is 13.5 Å². The second kappa shape index (κ2) is 8.95. The molecule has 25 heavy (non-hydrogen) atoms. The Hall–Kier alpha value is -2.71. The summed E-state index contributed by atoms with van der Waals surface area (Å²) in [6, 6.07) is 8.89. The highest BCUT2D eigenvalue weighted by atomic mass is 35.5. The van der Waals surface area contributed by atoms with Gasteiger partial charge in [0.05, 0.1) is 17.2 Å². The number of halogens is 2. The first-order valence-corrected chi connectivity index (χ1v) is 7.87. The molecular formula is C19H16ClFO4. The molecule has 0 heterocycles. The van der Waals surface area contributed by atoms with Crippen molar-refractivity contribution in [2.24, 2.45) is 0 Å². The summed E-state index contributed by atoms with van der Waals surface area (Å²) in [6.07, 6.45) is 5.07. The van der Waals surface area contributed by atoms with Crippen molar-refractivity contribution in [3.63, 3.8) is 0 Å². The van der Waals surface area contributed by atoms with E-state index in [9.17, 15) is 9.18 Å². The van der Waals surface area contributed by atoms with Crippen molar-refractivity contribution in [1.82, 2.24) is 0 Å². The lowest BCUT2D eigenvalue weighted by Crippen LogP contribution is -2.07. The number of carbonyl (C=O) groups excluding carboxylic acids is 1. The van der Waals surface area contributed by atoms with E-state index in [2.05, 4.69) is 5.92 Å². The van der Waals surface area contributed by atoms with Crippen LogP contribution in [-0.2, 0) is 11.3 Å². The van der Waals surface area contributed by atoms with Gasteiger partial charge in [0.1, 0.15) is 12.4 Å². The minimum Gasteiger partial charge on any atom is -0.490 e. The molecule has 0 aliphatic heterocycles. The van der Waals surface area contributed by atoms with E-state index >= 15 is 0 Å². The van der Waals surface area contributed by atoms with Crippen molar-refractivity contribution < 1.29 is 23.4 Å². The molecule has 130 valence electrons. The van der Waals surface area contributed by atoms with Crippen molar-refractivity contribution in [3.8, 4) is 23.8 Å². The largest absolute Gasteiger partial charge is 0.490 e. The molecule has 0 amide bonds. The molecule has 2 aromatic carbocycles. The highest BCUT2D eigenvalue weighted by Gasteiger charge is 2.17. The number of terminal acetylenes is 1. The molecule has 0 fully saturated rings. The third-order valence-corrected chi connectivity index (χ3v) is 3.38. The topological polar surface area (TPSA) is 44.8 Å². The number of hydrogen-bond donors (Lipinski definition) is 0. The van der Waals surface area contributed by atoms with Crippen LogP contribution in [0.5, 0.6) is 11.5 Å². The Morgan fingerprint density at radius 3 is 2.76 bits per heavy atom. The van der Waals surface area contributed by atoms with Gasteiger partial charge in [0.15, 0.2) is 18.1 Å². The molecule has 0 aliphatic carbocycles. The highest BCUT2D eigenvalue weighted by Crippen LogP contribution is 2.37. The van der Waals surface area contributed by atoms with Crippen LogP contribution in [0.3, 0.4) is 0 Å². The van der Waals surface area contributed by atoms with E-state index in [-0.39, 0.29) is 35.4 Å². The molecule has 4 nitrogen and oxygen atoms in total. The van der Waals surface area contributed by atoms with E-state index in [1.807, 2.05) is 0 Å². The van der Waals surface area contributed by atoms with E-state index in [0.29, 0.717) is 17.9 Å². The van der Waals surface area contributed by atoms with Crippen LogP contribution in [0.25, 0.3) is 0 Å². The first kappa shape index (κ1) is 18.6. The Morgan fingerprint density at radius 1 is 1.28 bits per heavy atom. The first-order valence-electron chi connectivity index (χ1n) is 7.49. The molecule has 2 rings (SSSR count). The molecule has 0 bridgehead atoms. The number of carbonyl (C=O) groups is 1. The highest BCUT2D eigenvalue weighted by molar-refractivity contribution is 6.32. The standard InChI is InChI=1S/C19H16ClFO4/c1-3-8-24-19(22)14-10-16(20)18(17(11-14)23-4-2)25-12-13-6-5-7-15(21)9-13/h1,5-7,9-11H,4,8,12H2,2H3. The van der Waals surface area contributed by atoms with Crippen LogP contribution in [-0.4, -0.2) is 19.2 Å². The van der Waals surface area contributed by atoms with Crippen LogP contribution in [0.2, 0.25) is 5.02 Å². The Morgan fingerprint density at radius 2 is 2.08 bits per heavy atom. The minimum absolute atomic E-state index is 0.0957. The molecular weight excluding hydrogens is 347 g/mol. The molecule has 0 spiro atoms. The molecule has 0 unspecified atom stereocenters. The summed E-state index contributed by atoms with van der Waals surface area (Å²) in [5.41, 5.74) is 0.831. The predicted octanol–water partition coefficient (Wildman–Crippen LogP) is 4.25. The number of esters is 1.